The van der Waals surface area contributed by atoms with E-state index in [-0.39, 0.29) is 33.5 Å². The van der Waals surface area contributed by atoms with Gasteiger partial charge in [0, 0.05) is 6.07 Å². The third-order valence-corrected chi connectivity index (χ3v) is 6.44. The van der Waals surface area contributed by atoms with Crippen LogP contribution >= 0.6 is 0 Å². The van der Waals surface area contributed by atoms with Gasteiger partial charge in [0.15, 0.2) is 17.3 Å². The summed E-state index contributed by atoms with van der Waals surface area (Å²) in [6.45, 7) is 0. The lowest BCUT2D eigenvalue weighted by atomic mass is 10.1. The number of carbonyl (C=O) groups excluding carboxylic acids is 1. The molecule has 0 unspecified atom stereocenters. The summed E-state index contributed by atoms with van der Waals surface area (Å²) in [5, 5.41) is 0. The predicted molar refractivity (Wildman–Crippen MR) is 126 cm³/mol. The number of benzene rings is 3. The van der Waals surface area contributed by atoms with Gasteiger partial charge < -0.3 is 27.9 Å². The van der Waals surface area contributed by atoms with Gasteiger partial charge in [0.2, 0.25) is 11.5 Å². The molecular formula is C25H22O9S. The largest absolute Gasteiger partial charge is 0.497 e. The van der Waals surface area contributed by atoms with Crippen molar-refractivity contribution in [3.8, 4) is 34.5 Å². The van der Waals surface area contributed by atoms with Crippen molar-refractivity contribution in [2.75, 3.05) is 28.4 Å². The molecule has 35 heavy (non-hydrogen) atoms. The van der Waals surface area contributed by atoms with E-state index < -0.39 is 10.1 Å². The first-order valence-electron chi connectivity index (χ1n) is 10.3. The number of rotatable bonds is 8. The third-order valence-electron chi connectivity index (χ3n) is 5.18. The van der Waals surface area contributed by atoms with Crippen molar-refractivity contribution < 1.29 is 41.1 Å². The van der Waals surface area contributed by atoms with Gasteiger partial charge >= 0.3 is 10.1 Å². The molecule has 1 heterocycles. The molecule has 10 heteroatoms. The van der Waals surface area contributed by atoms with E-state index in [1.54, 1.807) is 12.1 Å². The van der Waals surface area contributed by atoms with Crippen LogP contribution in [0.4, 0.5) is 0 Å². The second kappa shape index (κ2) is 9.59. The molecule has 3 aromatic rings. The van der Waals surface area contributed by atoms with E-state index in [0.717, 1.165) is 0 Å². The number of carbonyl (C=O) groups is 1. The van der Waals surface area contributed by atoms with Crippen LogP contribution in [0.1, 0.15) is 15.9 Å². The van der Waals surface area contributed by atoms with E-state index in [1.165, 1.54) is 77.0 Å². The Bertz CT molecular complexity index is 1380. The van der Waals surface area contributed by atoms with Crippen LogP contribution in [0.25, 0.3) is 6.08 Å². The van der Waals surface area contributed by atoms with E-state index in [9.17, 15) is 13.2 Å². The van der Waals surface area contributed by atoms with Gasteiger partial charge in [-0.2, -0.15) is 8.42 Å². The molecule has 0 amide bonds. The van der Waals surface area contributed by atoms with Crippen molar-refractivity contribution in [2.24, 2.45) is 0 Å². The molecule has 1 aliphatic rings. The van der Waals surface area contributed by atoms with E-state index >= 15 is 0 Å². The number of hydrogen-bond donors (Lipinski definition) is 0. The maximum Gasteiger partial charge on any atom is 0.339 e. The molecule has 0 fully saturated rings. The lowest BCUT2D eigenvalue weighted by molar-refractivity contribution is 0.101. The van der Waals surface area contributed by atoms with Gasteiger partial charge in [0.05, 0.1) is 34.0 Å². The van der Waals surface area contributed by atoms with Crippen molar-refractivity contribution >= 4 is 22.0 Å². The molecule has 0 spiro atoms. The predicted octanol–water partition coefficient (Wildman–Crippen LogP) is 4.10. The van der Waals surface area contributed by atoms with E-state index in [2.05, 4.69) is 0 Å². The quantitative estimate of drug-likeness (QED) is 0.335. The average Bonchev–Trinajstić information content (AvgIpc) is 3.17. The van der Waals surface area contributed by atoms with Gasteiger partial charge in [0.25, 0.3) is 0 Å². The fraction of sp³-hybridized carbons (Fsp3) is 0.160. The molecule has 0 aromatic heterocycles. The third kappa shape index (κ3) is 4.73. The highest BCUT2D eigenvalue weighted by Crippen LogP contribution is 2.40. The average molecular weight is 499 g/mol. The SMILES string of the molecule is COc1ccc(S(=O)(=O)Oc2ccc3c(c2)O/C(=C\c2cc(OC)c(OC)c(OC)c2)C3=O)cc1. The number of ether oxygens (including phenoxy) is 5. The molecule has 4 rings (SSSR count). The fourth-order valence-corrected chi connectivity index (χ4v) is 4.40. The first kappa shape index (κ1) is 24.0. The highest BCUT2D eigenvalue weighted by Gasteiger charge is 2.29. The molecule has 182 valence electrons. The lowest BCUT2D eigenvalue weighted by Crippen LogP contribution is -2.09. The molecule has 0 atom stereocenters. The number of Topliss-reactive ketones (excluding diaryl/α,β-unsaturated/α-hetero) is 1. The second-order valence-electron chi connectivity index (χ2n) is 7.27. The summed E-state index contributed by atoms with van der Waals surface area (Å²) in [5.74, 6) is 1.63. The molecule has 9 nitrogen and oxygen atoms in total. The minimum Gasteiger partial charge on any atom is -0.497 e. The molecule has 0 aliphatic carbocycles. The Morgan fingerprint density at radius 2 is 1.40 bits per heavy atom. The maximum atomic E-state index is 12.9. The van der Waals surface area contributed by atoms with Crippen LogP contribution in [0.5, 0.6) is 34.5 Å². The minimum absolute atomic E-state index is 0.00130. The zero-order chi connectivity index (χ0) is 25.2. The van der Waals surface area contributed by atoms with Crippen LogP contribution in [0.15, 0.2) is 65.3 Å². The highest BCUT2D eigenvalue weighted by atomic mass is 32.2. The highest BCUT2D eigenvalue weighted by molar-refractivity contribution is 7.87. The zero-order valence-corrected chi connectivity index (χ0v) is 20.2. The normalized spacial score (nSPS) is 13.7. The van der Waals surface area contributed by atoms with Crippen LogP contribution < -0.4 is 27.9 Å². The monoisotopic (exact) mass is 498 g/mol. The Hall–Kier alpha value is -4.18. The van der Waals surface area contributed by atoms with Crippen molar-refractivity contribution in [1.29, 1.82) is 0 Å². The number of ketones is 1. The Morgan fingerprint density at radius 3 is 1.97 bits per heavy atom. The zero-order valence-electron chi connectivity index (χ0n) is 19.4. The molecule has 0 saturated carbocycles. The van der Waals surface area contributed by atoms with Crippen LogP contribution in [0.3, 0.4) is 0 Å². The molecule has 0 saturated heterocycles. The first-order chi connectivity index (χ1) is 16.8. The summed E-state index contributed by atoms with van der Waals surface area (Å²) in [7, 11) is 1.85. The Labute approximate surface area is 202 Å². The van der Waals surface area contributed by atoms with Crippen LogP contribution in [-0.2, 0) is 10.1 Å². The fourth-order valence-electron chi connectivity index (χ4n) is 3.47. The standard InChI is InChI=1S/C25H22O9S/c1-29-16-5-8-18(9-6-16)35(27,28)34-17-7-10-19-20(14-17)33-21(24(19)26)11-15-12-22(30-2)25(32-4)23(13-15)31-3/h5-14H,1-4H3/b21-11-. The van der Waals surface area contributed by atoms with Gasteiger partial charge in [-0.25, -0.2) is 0 Å². The summed E-state index contributed by atoms with van der Waals surface area (Å²) < 4.78 is 57.3. The van der Waals surface area contributed by atoms with Crippen molar-refractivity contribution in [1.82, 2.24) is 0 Å². The lowest BCUT2D eigenvalue weighted by Gasteiger charge is -2.13. The summed E-state index contributed by atoms with van der Waals surface area (Å²) in [4.78, 5) is 12.8. The Morgan fingerprint density at radius 1 is 0.771 bits per heavy atom. The van der Waals surface area contributed by atoms with Crippen LogP contribution in [0.2, 0.25) is 0 Å². The molecule has 0 N–H and O–H groups in total. The molecule has 3 aromatic carbocycles. The smallest absolute Gasteiger partial charge is 0.339 e. The molecular weight excluding hydrogens is 476 g/mol. The van der Waals surface area contributed by atoms with Gasteiger partial charge in [-0.3, -0.25) is 4.79 Å². The number of allylic oxidation sites excluding steroid dienone is 1. The molecule has 0 bridgehead atoms. The van der Waals surface area contributed by atoms with Crippen molar-refractivity contribution in [2.45, 2.75) is 4.90 Å². The van der Waals surface area contributed by atoms with E-state index in [0.29, 0.717) is 28.6 Å². The minimum atomic E-state index is -4.10. The van der Waals surface area contributed by atoms with Crippen molar-refractivity contribution in [3.05, 3.63) is 71.5 Å². The number of hydrogen-bond acceptors (Lipinski definition) is 9. The second-order valence-corrected chi connectivity index (χ2v) is 8.82. The Kier molecular flexibility index (Phi) is 6.57. The number of methoxy groups -OCH3 is 4. The molecule has 0 radical (unpaired) electrons. The summed E-state index contributed by atoms with van der Waals surface area (Å²) in [6, 6.07) is 13.3. The van der Waals surface area contributed by atoms with E-state index in [1.807, 2.05) is 0 Å². The topological polar surface area (TPSA) is 107 Å². The summed E-state index contributed by atoms with van der Waals surface area (Å²) in [6.07, 6.45) is 1.53. The summed E-state index contributed by atoms with van der Waals surface area (Å²) >= 11 is 0. The first-order valence-corrected chi connectivity index (χ1v) is 11.7. The maximum absolute atomic E-state index is 12.9. The van der Waals surface area contributed by atoms with Gasteiger partial charge in [-0.05, 0) is 60.2 Å². The van der Waals surface area contributed by atoms with Gasteiger partial charge in [-0.1, -0.05) is 0 Å². The number of fused-ring (bicyclic) bond motifs is 1. The summed E-state index contributed by atoms with van der Waals surface area (Å²) in [5.41, 5.74) is 0.854. The van der Waals surface area contributed by atoms with Crippen LogP contribution in [-0.4, -0.2) is 42.6 Å². The van der Waals surface area contributed by atoms with Gasteiger partial charge in [0.1, 0.15) is 22.1 Å². The van der Waals surface area contributed by atoms with Crippen molar-refractivity contribution in [3.63, 3.8) is 0 Å². The van der Waals surface area contributed by atoms with E-state index in [4.69, 9.17) is 27.9 Å². The Balaban J connectivity index is 1.60. The van der Waals surface area contributed by atoms with Crippen LogP contribution in [0, 0.1) is 0 Å². The molecule has 1 aliphatic heterocycles. The van der Waals surface area contributed by atoms with Gasteiger partial charge in [-0.15, -0.1) is 0 Å².